The second-order valence-electron chi connectivity index (χ2n) is 6.77. The zero-order valence-corrected chi connectivity index (χ0v) is 13.1. The summed E-state index contributed by atoms with van der Waals surface area (Å²) in [6.07, 6.45) is 1.05. The Hall–Kier alpha value is -1.64. The first-order chi connectivity index (χ1) is 9.29. The van der Waals surface area contributed by atoms with E-state index >= 15 is 0 Å². The third-order valence-corrected chi connectivity index (χ3v) is 4.21. The van der Waals surface area contributed by atoms with E-state index in [0.717, 1.165) is 16.6 Å². The molecule has 2 aromatic rings. The molecule has 0 spiro atoms. The van der Waals surface area contributed by atoms with E-state index in [-0.39, 0.29) is 11.2 Å². The molecule has 0 saturated heterocycles. The first kappa shape index (κ1) is 14.8. The van der Waals surface area contributed by atoms with Gasteiger partial charge in [-0.2, -0.15) is 5.10 Å². The van der Waals surface area contributed by atoms with E-state index in [1.165, 1.54) is 0 Å². The first-order valence-electron chi connectivity index (χ1n) is 7.21. The van der Waals surface area contributed by atoms with Gasteiger partial charge in [-0.1, -0.05) is 45.9 Å². The Balaban J connectivity index is 2.15. The van der Waals surface area contributed by atoms with Crippen LogP contribution in [0.4, 0.5) is 0 Å². The summed E-state index contributed by atoms with van der Waals surface area (Å²) in [5, 5.41) is 5.58. The van der Waals surface area contributed by atoms with Crippen molar-refractivity contribution in [1.29, 1.82) is 0 Å². The van der Waals surface area contributed by atoms with Gasteiger partial charge in [0, 0.05) is 18.9 Å². The van der Waals surface area contributed by atoms with Gasteiger partial charge in [-0.15, -0.1) is 0 Å². The number of carbonyl (C=O) groups excluding carboxylic acids is 1. The van der Waals surface area contributed by atoms with E-state index in [4.69, 9.17) is 0 Å². The lowest BCUT2D eigenvalue weighted by molar-refractivity contribution is -0.120. The summed E-state index contributed by atoms with van der Waals surface area (Å²) >= 11 is 0. The molecule has 1 aromatic heterocycles. The lowest BCUT2D eigenvalue weighted by Gasteiger charge is -2.26. The Morgan fingerprint density at radius 3 is 2.60 bits per heavy atom. The minimum atomic E-state index is 0.168. The van der Waals surface area contributed by atoms with Gasteiger partial charge in [0.1, 0.15) is 5.78 Å². The smallest absolute Gasteiger partial charge is 0.139 e. The highest BCUT2D eigenvalue weighted by Gasteiger charge is 2.23. The number of aryl methyl sites for hydroxylation is 1. The zero-order chi connectivity index (χ0) is 14.9. The predicted molar refractivity (Wildman–Crippen MR) is 82.7 cm³/mol. The van der Waals surface area contributed by atoms with E-state index < -0.39 is 0 Å². The molecule has 0 N–H and O–H groups in total. The predicted octanol–water partition coefficient (Wildman–Crippen LogP) is 3.76. The van der Waals surface area contributed by atoms with Gasteiger partial charge in [0.2, 0.25) is 0 Å². The van der Waals surface area contributed by atoms with Gasteiger partial charge in [-0.05, 0) is 17.4 Å². The van der Waals surface area contributed by atoms with Crippen LogP contribution < -0.4 is 0 Å². The summed E-state index contributed by atoms with van der Waals surface area (Å²) in [5.74, 6) is 0.654. The third kappa shape index (κ3) is 3.09. The Bertz CT molecular complexity index is 619. The van der Waals surface area contributed by atoms with Gasteiger partial charge in [-0.25, -0.2) is 0 Å². The van der Waals surface area contributed by atoms with Crippen LogP contribution in [0, 0.1) is 11.3 Å². The number of hydrogen-bond acceptors (Lipinski definition) is 2. The molecule has 1 aromatic carbocycles. The minimum absolute atomic E-state index is 0.168. The van der Waals surface area contributed by atoms with Crippen molar-refractivity contribution >= 4 is 16.7 Å². The second kappa shape index (κ2) is 5.39. The standard InChI is InChI=1S/C17H24N2O/c1-12(17(2,3)4)10-13(20)11-15-14-8-6-7-9-16(14)19(5)18-15/h6-9,12H,10-11H2,1-5H3. The number of para-hydroxylation sites is 1. The van der Waals surface area contributed by atoms with Crippen LogP contribution in [-0.4, -0.2) is 15.6 Å². The van der Waals surface area contributed by atoms with Crippen LogP contribution in [0.25, 0.3) is 10.9 Å². The molecule has 20 heavy (non-hydrogen) atoms. The summed E-state index contributed by atoms with van der Waals surface area (Å²) in [7, 11) is 1.92. The molecule has 0 saturated carbocycles. The molecular formula is C17H24N2O. The van der Waals surface area contributed by atoms with Crippen LogP contribution in [0.3, 0.4) is 0 Å². The molecule has 108 valence electrons. The van der Waals surface area contributed by atoms with Crippen LogP contribution in [0.15, 0.2) is 24.3 Å². The summed E-state index contributed by atoms with van der Waals surface area (Å²) in [5.41, 5.74) is 2.15. The largest absolute Gasteiger partial charge is 0.299 e. The van der Waals surface area contributed by atoms with Crippen molar-refractivity contribution in [2.45, 2.75) is 40.5 Å². The molecular weight excluding hydrogens is 248 g/mol. The van der Waals surface area contributed by atoms with Gasteiger partial charge in [0.05, 0.1) is 17.6 Å². The van der Waals surface area contributed by atoms with Crippen molar-refractivity contribution in [3.05, 3.63) is 30.0 Å². The molecule has 1 unspecified atom stereocenters. The number of hydrogen-bond donors (Lipinski definition) is 0. The van der Waals surface area contributed by atoms with Gasteiger partial charge in [0.25, 0.3) is 0 Å². The molecule has 1 atom stereocenters. The SMILES string of the molecule is CC(CC(=O)Cc1nn(C)c2ccccc12)C(C)(C)C. The average molecular weight is 272 g/mol. The normalized spacial score (nSPS) is 13.7. The number of ketones is 1. The molecule has 0 aliphatic carbocycles. The lowest BCUT2D eigenvalue weighted by atomic mass is 9.79. The average Bonchev–Trinajstić information content (AvgIpc) is 2.66. The molecule has 0 aliphatic rings. The van der Waals surface area contributed by atoms with E-state index in [0.29, 0.717) is 18.8 Å². The van der Waals surface area contributed by atoms with E-state index in [1.807, 2.05) is 36.0 Å². The minimum Gasteiger partial charge on any atom is -0.299 e. The number of rotatable bonds is 4. The highest BCUT2D eigenvalue weighted by molar-refractivity contribution is 5.88. The maximum Gasteiger partial charge on any atom is 0.139 e. The number of aromatic nitrogens is 2. The Morgan fingerprint density at radius 1 is 1.30 bits per heavy atom. The van der Waals surface area contributed by atoms with E-state index in [1.54, 1.807) is 0 Å². The van der Waals surface area contributed by atoms with E-state index in [2.05, 4.69) is 32.8 Å². The molecule has 0 bridgehead atoms. The molecule has 3 nitrogen and oxygen atoms in total. The summed E-state index contributed by atoms with van der Waals surface area (Å²) in [4.78, 5) is 12.3. The van der Waals surface area contributed by atoms with Crippen molar-refractivity contribution < 1.29 is 4.79 Å². The maximum absolute atomic E-state index is 12.3. The van der Waals surface area contributed by atoms with Crippen LogP contribution in [0.2, 0.25) is 0 Å². The molecule has 0 fully saturated rings. The number of Topliss-reactive ketones (excluding diaryl/α,β-unsaturated/α-hetero) is 1. The number of fused-ring (bicyclic) bond motifs is 1. The molecule has 0 aliphatic heterocycles. The highest BCUT2D eigenvalue weighted by Crippen LogP contribution is 2.29. The Morgan fingerprint density at radius 2 is 1.95 bits per heavy atom. The van der Waals surface area contributed by atoms with Crippen LogP contribution in [0.5, 0.6) is 0 Å². The van der Waals surface area contributed by atoms with Crippen molar-refractivity contribution in [2.24, 2.45) is 18.4 Å². The quantitative estimate of drug-likeness (QED) is 0.849. The fourth-order valence-corrected chi connectivity index (χ4v) is 2.33. The van der Waals surface area contributed by atoms with Crippen molar-refractivity contribution in [1.82, 2.24) is 9.78 Å². The first-order valence-corrected chi connectivity index (χ1v) is 7.21. The van der Waals surface area contributed by atoms with E-state index in [9.17, 15) is 4.79 Å². The molecule has 3 heteroatoms. The third-order valence-electron chi connectivity index (χ3n) is 4.21. The topological polar surface area (TPSA) is 34.9 Å². The summed E-state index contributed by atoms with van der Waals surface area (Å²) in [6.45, 7) is 8.69. The summed E-state index contributed by atoms with van der Waals surface area (Å²) in [6, 6.07) is 8.07. The van der Waals surface area contributed by atoms with Gasteiger partial charge in [0.15, 0.2) is 0 Å². The van der Waals surface area contributed by atoms with Gasteiger partial charge >= 0.3 is 0 Å². The second-order valence-corrected chi connectivity index (χ2v) is 6.77. The van der Waals surface area contributed by atoms with Crippen LogP contribution in [-0.2, 0) is 18.3 Å². The van der Waals surface area contributed by atoms with Gasteiger partial charge in [-0.3, -0.25) is 9.48 Å². The van der Waals surface area contributed by atoms with Crippen molar-refractivity contribution in [3.63, 3.8) is 0 Å². The summed E-state index contributed by atoms with van der Waals surface area (Å²) < 4.78 is 1.85. The highest BCUT2D eigenvalue weighted by atomic mass is 16.1. The fraction of sp³-hybridized carbons (Fsp3) is 0.529. The lowest BCUT2D eigenvalue weighted by Crippen LogP contribution is -2.21. The van der Waals surface area contributed by atoms with Gasteiger partial charge < -0.3 is 0 Å². The fourth-order valence-electron chi connectivity index (χ4n) is 2.33. The Kier molecular flexibility index (Phi) is 3.98. The molecule has 1 heterocycles. The number of carbonyl (C=O) groups is 1. The molecule has 0 amide bonds. The molecule has 0 radical (unpaired) electrons. The Labute approximate surface area is 121 Å². The number of nitrogens with zero attached hydrogens (tertiary/aromatic N) is 2. The van der Waals surface area contributed by atoms with Crippen LogP contribution in [0.1, 0.15) is 39.8 Å². The number of benzene rings is 1. The van der Waals surface area contributed by atoms with Crippen LogP contribution >= 0.6 is 0 Å². The van der Waals surface area contributed by atoms with Crippen molar-refractivity contribution in [2.75, 3.05) is 0 Å². The molecule has 2 rings (SSSR count). The maximum atomic E-state index is 12.3. The zero-order valence-electron chi connectivity index (χ0n) is 13.1. The van der Waals surface area contributed by atoms with Crippen molar-refractivity contribution in [3.8, 4) is 0 Å². The monoisotopic (exact) mass is 272 g/mol.